The number of aliphatic hydroxyl groups is 1. The Morgan fingerprint density at radius 3 is 1.50 bits per heavy atom. The molecule has 126 valence electrons. The minimum atomic E-state index is -1.41. The van der Waals surface area contributed by atoms with Crippen LogP contribution in [0.3, 0.4) is 0 Å². The summed E-state index contributed by atoms with van der Waals surface area (Å²) < 4.78 is 39.7. The fourth-order valence-electron chi connectivity index (χ4n) is 1.60. The van der Waals surface area contributed by atoms with Crippen LogP contribution < -0.4 is 0 Å². The number of rotatable bonds is 8. The lowest BCUT2D eigenvalue weighted by molar-refractivity contribution is 0.377. The van der Waals surface area contributed by atoms with E-state index in [-0.39, 0.29) is 17.4 Å². The molecule has 1 N–H and O–H groups in total. The van der Waals surface area contributed by atoms with Crippen molar-refractivity contribution in [2.75, 3.05) is 0 Å². The Balaban J connectivity index is 0. The van der Waals surface area contributed by atoms with Crippen molar-refractivity contribution in [3.63, 3.8) is 0 Å². The average Bonchev–Trinajstić information content (AvgIpc) is 2.50. The first-order valence-electron chi connectivity index (χ1n) is 7.25. The van der Waals surface area contributed by atoms with Gasteiger partial charge < -0.3 is 5.11 Å². The molecule has 4 heteroatoms. The van der Waals surface area contributed by atoms with Gasteiger partial charge in [-0.2, -0.15) is 4.39 Å². The molecule has 0 radical (unpaired) electrons. The van der Waals surface area contributed by atoms with E-state index in [1.54, 1.807) is 13.8 Å². The molecule has 0 fully saturated rings. The van der Waals surface area contributed by atoms with Crippen LogP contribution in [0.25, 0.3) is 0 Å². The van der Waals surface area contributed by atoms with Gasteiger partial charge in [-0.1, -0.05) is 54.0 Å². The van der Waals surface area contributed by atoms with Crippen LogP contribution in [0, 0.1) is 11.8 Å². The zero-order chi connectivity index (χ0) is 18.0. The standard InChI is InChI=1S/C16H21F3O.C2H6/c1-9(11(3)13(5)17)7-8-10(2)12(4)15(18)16(19)14(6)20;1-2/h9-10,20H,3-8H2,1-2H3;1-2H3/b16-15-;. The van der Waals surface area contributed by atoms with Crippen molar-refractivity contribution < 1.29 is 18.3 Å². The van der Waals surface area contributed by atoms with Crippen molar-refractivity contribution in [3.05, 3.63) is 60.7 Å². The maximum Gasteiger partial charge on any atom is 0.199 e. The smallest absolute Gasteiger partial charge is 0.199 e. The summed E-state index contributed by atoms with van der Waals surface area (Å²) in [5.41, 5.74) is 0.239. The van der Waals surface area contributed by atoms with E-state index in [4.69, 9.17) is 5.11 Å². The highest BCUT2D eigenvalue weighted by atomic mass is 19.2. The maximum atomic E-state index is 13.6. The molecule has 0 aliphatic heterocycles. The number of allylic oxidation sites excluding steroid dienone is 5. The molecule has 0 aliphatic rings. The normalized spacial score (nSPS) is 14.0. The largest absolute Gasteiger partial charge is 0.505 e. The second-order valence-corrected chi connectivity index (χ2v) is 4.91. The van der Waals surface area contributed by atoms with E-state index in [9.17, 15) is 13.2 Å². The number of hydrogen-bond acceptors (Lipinski definition) is 1. The molecule has 0 rings (SSSR count). The summed E-state index contributed by atoms with van der Waals surface area (Å²) in [6.45, 7) is 20.6. The third kappa shape index (κ3) is 7.34. The molecule has 0 heterocycles. The maximum absolute atomic E-state index is 13.6. The minimum Gasteiger partial charge on any atom is -0.505 e. The summed E-state index contributed by atoms with van der Waals surface area (Å²) >= 11 is 0. The second kappa shape index (κ2) is 10.9. The second-order valence-electron chi connectivity index (χ2n) is 4.91. The number of halogens is 3. The molecule has 0 saturated carbocycles. The first kappa shape index (κ1) is 22.6. The number of hydrogen-bond donors (Lipinski definition) is 1. The fraction of sp³-hybridized carbons (Fsp3) is 0.444. The molecule has 0 aromatic carbocycles. The SMILES string of the molecule is C=C(F)C(=C)C(C)CCC(C)C(=C)/C(F)=C(/F)C(=C)O.CC. The molecule has 0 amide bonds. The highest BCUT2D eigenvalue weighted by Crippen LogP contribution is 2.30. The highest BCUT2D eigenvalue weighted by molar-refractivity contribution is 5.33. The van der Waals surface area contributed by atoms with Gasteiger partial charge >= 0.3 is 0 Å². The summed E-state index contributed by atoms with van der Waals surface area (Å²) in [7, 11) is 0. The van der Waals surface area contributed by atoms with Crippen LogP contribution >= 0.6 is 0 Å². The average molecular weight is 316 g/mol. The summed E-state index contributed by atoms with van der Waals surface area (Å²) in [4.78, 5) is 0. The Morgan fingerprint density at radius 1 is 0.818 bits per heavy atom. The molecule has 0 aromatic rings. The van der Waals surface area contributed by atoms with E-state index in [1.807, 2.05) is 13.8 Å². The van der Waals surface area contributed by atoms with E-state index in [2.05, 4.69) is 26.3 Å². The molecule has 2 atom stereocenters. The van der Waals surface area contributed by atoms with Gasteiger partial charge in [0.05, 0.1) is 0 Å². The lowest BCUT2D eigenvalue weighted by Crippen LogP contribution is -2.06. The molecule has 0 aromatic heterocycles. The zero-order valence-electron chi connectivity index (χ0n) is 14.0. The van der Waals surface area contributed by atoms with Gasteiger partial charge in [0.2, 0.25) is 0 Å². The van der Waals surface area contributed by atoms with Crippen LogP contribution in [0.15, 0.2) is 60.7 Å². The quantitative estimate of drug-likeness (QED) is 0.382. The minimum absolute atomic E-state index is 0.0606. The number of aliphatic hydroxyl groups excluding tert-OH is 1. The van der Waals surface area contributed by atoms with Crippen molar-refractivity contribution in [1.29, 1.82) is 0 Å². The van der Waals surface area contributed by atoms with Gasteiger partial charge in [-0.3, -0.25) is 0 Å². The molecule has 0 spiro atoms. The van der Waals surface area contributed by atoms with Gasteiger partial charge in [0.25, 0.3) is 0 Å². The van der Waals surface area contributed by atoms with Gasteiger partial charge in [-0.25, -0.2) is 8.78 Å². The topological polar surface area (TPSA) is 20.2 Å². The summed E-state index contributed by atoms with van der Waals surface area (Å²) in [5, 5.41) is 8.80. The Hall–Kier alpha value is -1.71. The third-order valence-corrected chi connectivity index (χ3v) is 3.30. The zero-order valence-corrected chi connectivity index (χ0v) is 14.0. The first-order chi connectivity index (χ1) is 10.1. The first-order valence-corrected chi connectivity index (χ1v) is 7.25. The molecule has 0 saturated heterocycles. The van der Waals surface area contributed by atoms with E-state index in [1.165, 1.54) is 0 Å². The molecule has 0 aliphatic carbocycles. The Labute approximate surface area is 132 Å². The molecule has 2 unspecified atom stereocenters. The van der Waals surface area contributed by atoms with E-state index >= 15 is 0 Å². The van der Waals surface area contributed by atoms with Crippen molar-refractivity contribution >= 4 is 0 Å². The Morgan fingerprint density at radius 2 is 1.18 bits per heavy atom. The predicted molar refractivity (Wildman–Crippen MR) is 88.4 cm³/mol. The van der Waals surface area contributed by atoms with Gasteiger partial charge in [0, 0.05) is 0 Å². The fourth-order valence-corrected chi connectivity index (χ4v) is 1.60. The van der Waals surface area contributed by atoms with Crippen molar-refractivity contribution in [1.82, 2.24) is 0 Å². The predicted octanol–water partition coefficient (Wildman–Crippen LogP) is 6.88. The lowest BCUT2D eigenvalue weighted by atomic mass is 9.89. The Bertz CT molecular complexity index is 461. The van der Waals surface area contributed by atoms with Crippen LogP contribution in [0.1, 0.15) is 40.5 Å². The lowest BCUT2D eigenvalue weighted by Gasteiger charge is -2.18. The van der Waals surface area contributed by atoms with Crippen molar-refractivity contribution in [2.45, 2.75) is 40.5 Å². The van der Waals surface area contributed by atoms with Crippen LogP contribution in [-0.2, 0) is 0 Å². The van der Waals surface area contributed by atoms with Gasteiger partial charge in [-0.05, 0) is 35.8 Å². The summed E-state index contributed by atoms with van der Waals surface area (Å²) in [5.74, 6) is -4.65. The molecular formula is C18H27F3O. The van der Waals surface area contributed by atoms with Crippen LogP contribution in [-0.4, -0.2) is 5.11 Å². The summed E-state index contributed by atoms with van der Waals surface area (Å²) in [6, 6.07) is 0. The van der Waals surface area contributed by atoms with Gasteiger partial charge in [-0.15, -0.1) is 0 Å². The van der Waals surface area contributed by atoms with Gasteiger partial charge in [0.15, 0.2) is 11.7 Å². The van der Waals surface area contributed by atoms with Crippen LogP contribution in [0.5, 0.6) is 0 Å². The molecule has 22 heavy (non-hydrogen) atoms. The molecule has 1 nitrogen and oxygen atoms in total. The monoisotopic (exact) mass is 316 g/mol. The van der Waals surface area contributed by atoms with E-state index < -0.39 is 23.2 Å². The van der Waals surface area contributed by atoms with Crippen molar-refractivity contribution in [3.8, 4) is 0 Å². The van der Waals surface area contributed by atoms with Gasteiger partial charge in [0.1, 0.15) is 11.6 Å². The van der Waals surface area contributed by atoms with E-state index in [0.29, 0.717) is 18.4 Å². The van der Waals surface area contributed by atoms with Crippen LogP contribution in [0.2, 0.25) is 0 Å². The molecule has 0 bridgehead atoms. The van der Waals surface area contributed by atoms with E-state index in [0.717, 1.165) is 0 Å². The summed E-state index contributed by atoms with van der Waals surface area (Å²) in [6.07, 6.45) is 1.02. The Kier molecular flexibility index (Phi) is 11.2. The highest BCUT2D eigenvalue weighted by Gasteiger charge is 2.19. The third-order valence-electron chi connectivity index (χ3n) is 3.30. The molecular weight excluding hydrogens is 289 g/mol. The van der Waals surface area contributed by atoms with Crippen LogP contribution in [0.4, 0.5) is 13.2 Å². The van der Waals surface area contributed by atoms with Crippen molar-refractivity contribution in [2.24, 2.45) is 11.8 Å².